The Balaban J connectivity index is 1.92. The lowest BCUT2D eigenvalue weighted by molar-refractivity contribution is 0.807. The Kier molecular flexibility index (Phi) is 2.21. The molecule has 78 valence electrons. The van der Waals surface area contributed by atoms with Crippen LogP contribution >= 0.6 is 11.8 Å². The first-order valence-electron chi connectivity index (χ1n) is 4.92. The van der Waals surface area contributed by atoms with Gasteiger partial charge < -0.3 is 10.3 Å². The van der Waals surface area contributed by atoms with Crippen LogP contribution in [-0.2, 0) is 0 Å². The summed E-state index contributed by atoms with van der Waals surface area (Å²) in [5, 5.41) is 3.43. The molecule has 0 spiro atoms. The predicted octanol–water partition coefficient (Wildman–Crippen LogP) is 1.27. The standard InChI is InChI=1S/C9H11N5S/c1-2-15-3-6(1)14-9-7-8(11-4-10-7)12-5-13-9/h4-6H,1-3H2,(H2,10,11,12,13,14). The van der Waals surface area contributed by atoms with Gasteiger partial charge >= 0.3 is 0 Å². The lowest BCUT2D eigenvalue weighted by Gasteiger charge is -2.11. The number of nitrogens with one attached hydrogen (secondary N) is 2. The van der Waals surface area contributed by atoms with Gasteiger partial charge in [-0.2, -0.15) is 11.8 Å². The molecule has 1 aliphatic heterocycles. The van der Waals surface area contributed by atoms with Crippen LogP contribution in [0.1, 0.15) is 6.42 Å². The molecule has 6 heteroatoms. The lowest BCUT2D eigenvalue weighted by atomic mass is 10.2. The van der Waals surface area contributed by atoms with E-state index < -0.39 is 0 Å². The lowest BCUT2D eigenvalue weighted by Crippen LogP contribution is -2.19. The fourth-order valence-corrected chi connectivity index (χ4v) is 2.87. The van der Waals surface area contributed by atoms with E-state index in [2.05, 4.69) is 25.3 Å². The molecule has 1 aliphatic rings. The Hall–Kier alpha value is -1.30. The number of nitrogens with zero attached hydrogens (tertiary/aromatic N) is 3. The first kappa shape index (κ1) is 8.96. The normalized spacial score (nSPS) is 20.9. The summed E-state index contributed by atoms with van der Waals surface area (Å²) in [7, 11) is 0. The summed E-state index contributed by atoms with van der Waals surface area (Å²) in [6.07, 6.45) is 4.39. The first-order chi connectivity index (χ1) is 7.43. The number of anilines is 1. The van der Waals surface area contributed by atoms with Crippen LogP contribution in [0.2, 0.25) is 0 Å². The van der Waals surface area contributed by atoms with E-state index in [9.17, 15) is 0 Å². The zero-order valence-corrected chi connectivity index (χ0v) is 8.92. The highest BCUT2D eigenvalue weighted by Crippen LogP contribution is 2.22. The molecule has 2 aromatic rings. The quantitative estimate of drug-likeness (QED) is 0.799. The summed E-state index contributed by atoms with van der Waals surface area (Å²) in [5.41, 5.74) is 1.62. The maximum Gasteiger partial charge on any atom is 0.182 e. The SMILES string of the molecule is c1nc(NC2CCSC2)c2[nH]cnc2n1. The molecule has 2 aromatic heterocycles. The van der Waals surface area contributed by atoms with Crippen molar-refractivity contribution in [2.75, 3.05) is 16.8 Å². The van der Waals surface area contributed by atoms with Crippen molar-refractivity contribution in [1.29, 1.82) is 0 Å². The summed E-state index contributed by atoms with van der Waals surface area (Å²) in [4.78, 5) is 15.5. The minimum atomic E-state index is 0.524. The van der Waals surface area contributed by atoms with Gasteiger partial charge in [0.2, 0.25) is 0 Å². The second-order valence-electron chi connectivity index (χ2n) is 3.53. The van der Waals surface area contributed by atoms with E-state index in [1.54, 1.807) is 12.7 Å². The maximum atomic E-state index is 4.24. The van der Waals surface area contributed by atoms with Gasteiger partial charge in [-0.3, -0.25) is 0 Å². The van der Waals surface area contributed by atoms with E-state index in [1.165, 1.54) is 12.2 Å². The molecule has 15 heavy (non-hydrogen) atoms. The summed E-state index contributed by atoms with van der Waals surface area (Å²) < 4.78 is 0. The van der Waals surface area contributed by atoms with Gasteiger partial charge in [-0.05, 0) is 12.2 Å². The molecule has 0 radical (unpaired) electrons. The van der Waals surface area contributed by atoms with Crippen LogP contribution in [0.3, 0.4) is 0 Å². The van der Waals surface area contributed by atoms with E-state index >= 15 is 0 Å². The topological polar surface area (TPSA) is 66.5 Å². The van der Waals surface area contributed by atoms with Crippen molar-refractivity contribution in [1.82, 2.24) is 19.9 Å². The van der Waals surface area contributed by atoms with E-state index in [0.717, 1.165) is 22.7 Å². The molecule has 3 rings (SSSR count). The minimum absolute atomic E-state index is 0.524. The highest BCUT2D eigenvalue weighted by molar-refractivity contribution is 7.99. The molecule has 0 bridgehead atoms. The smallest absolute Gasteiger partial charge is 0.182 e. The molecule has 1 unspecified atom stereocenters. The van der Waals surface area contributed by atoms with Gasteiger partial charge in [0.05, 0.1) is 6.33 Å². The molecular weight excluding hydrogens is 210 g/mol. The van der Waals surface area contributed by atoms with Crippen molar-refractivity contribution in [3.05, 3.63) is 12.7 Å². The molecule has 1 fully saturated rings. The van der Waals surface area contributed by atoms with Crippen LogP contribution in [0, 0.1) is 0 Å². The van der Waals surface area contributed by atoms with Gasteiger partial charge in [-0.1, -0.05) is 0 Å². The maximum absolute atomic E-state index is 4.24. The van der Waals surface area contributed by atoms with Crippen molar-refractivity contribution in [2.45, 2.75) is 12.5 Å². The van der Waals surface area contributed by atoms with E-state index in [0.29, 0.717) is 6.04 Å². The summed E-state index contributed by atoms with van der Waals surface area (Å²) in [6.45, 7) is 0. The molecule has 1 atom stereocenters. The van der Waals surface area contributed by atoms with Crippen molar-refractivity contribution in [3.8, 4) is 0 Å². The second-order valence-corrected chi connectivity index (χ2v) is 4.68. The van der Waals surface area contributed by atoms with Crippen molar-refractivity contribution >= 4 is 28.7 Å². The Morgan fingerprint density at radius 3 is 3.27 bits per heavy atom. The fraction of sp³-hybridized carbons (Fsp3) is 0.444. The van der Waals surface area contributed by atoms with Crippen LogP contribution in [0.15, 0.2) is 12.7 Å². The van der Waals surface area contributed by atoms with Gasteiger partial charge in [0.25, 0.3) is 0 Å². The molecule has 0 aliphatic carbocycles. The molecule has 3 heterocycles. The molecule has 0 amide bonds. The largest absolute Gasteiger partial charge is 0.365 e. The van der Waals surface area contributed by atoms with E-state index in [4.69, 9.17) is 0 Å². The van der Waals surface area contributed by atoms with Gasteiger partial charge in [-0.25, -0.2) is 15.0 Å². The summed E-state index contributed by atoms with van der Waals surface area (Å²) in [6, 6.07) is 0.524. The summed E-state index contributed by atoms with van der Waals surface area (Å²) >= 11 is 1.98. The third-order valence-electron chi connectivity index (χ3n) is 2.49. The van der Waals surface area contributed by atoms with Gasteiger partial charge in [0, 0.05) is 11.8 Å². The monoisotopic (exact) mass is 221 g/mol. The number of thioether (sulfide) groups is 1. The van der Waals surface area contributed by atoms with E-state index in [1.807, 2.05) is 11.8 Å². The molecule has 0 aromatic carbocycles. The second kappa shape index (κ2) is 3.69. The van der Waals surface area contributed by atoms with Crippen LogP contribution in [-0.4, -0.2) is 37.5 Å². The zero-order chi connectivity index (χ0) is 10.1. The first-order valence-corrected chi connectivity index (χ1v) is 6.07. The number of aromatic nitrogens is 4. The number of hydrogen-bond donors (Lipinski definition) is 2. The average molecular weight is 221 g/mol. The number of hydrogen-bond acceptors (Lipinski definition) is 5. The Morgan fingerprint density at radius 2 is 2.40 bits per heavy atom. The Labute approximate surface area is 91.1 Å². The highest BCUT2D eigenvalue weighted by Gasteiger charge is 2.17. The number of fused-ring (bicyclic) bond motifs is 1. The average Bonchev–Trinajstić information content (AvgIpc) is 2.87. The van der Waals surface area contributed by atoms with E-state index in [-0.39, 0.29) is 0 Å². The Morgan fingerprint density at radius 1 is 1.40 bits per heavy atom. The third kappa shape index (κ3) is 1.65. The molecule has 2 N–H and O–H groups in total. The van der Waals surface area contributed by atoms with Crippen molar-refractivity contribution in [3.63, 3.8) is 0 Å². The third-order valence-corrected chi connectivity index (χ3v) is 3.66. The highest BCUT2D eigenvalue weighted by atomic mass is 32.2. The number of aromatic amines is 1. The van der Waals surface area contributed by atoms with Crippen LogP contribution in [0.25, 0.3) is 11.2 Å². The van der Waals surface area contributed by atoms with Crippen LogP contribution in [0.5, 0.6) is 0 Å². The Bertz CT molecular complexity index is 462. The fourth-order valence-electron chi connectivity index (χ4n) is 1.72. The molecule has 1 saturated heterocycles. The molecule has 5 nitrogen and oxygen atoms in total. The number of imidazole rings is 1. The van der Waals surface area contributed by atoms with Crippen LogP contribution < -0.4 is 5.32 Å². The van der Waals surface area contributed by atoms with Gasteiger partial charge in [-0.15, -0.1) is 0 Å². The summed E-state index contributed by atoms with van der Waals surface area (Å²) in [5.74, 6) is 3.25. The van der Waals surface area contributed by atoms with Gasteiger partial charge in [0.15, 0.2) is 11.5 Å². The van der Waals surface area contributed by atoms with Crippen LogP contribution in [0.4, 0.5) is 5.82 Å². The van der Waals surface area contributed by atoms with Crippen molar-refractivity contribution in [2.24, 2.45) is 0 Å². The van der Waals surface area contributed by atoms with Crippen molar-refractivity contribution < 1.29 is 0 Å². The zero-order valence-electron chi connectivity index (χ0n) is 8.10. The number of H-pyrrole nitrogens is 1. The van der Waals surface area contributed by atoms with Gasteiger partial charge in [0.1, 0.15) is 11.8 Å². The molecular formula is C9H11N5S. The minimum Gasteiger partial charge on any atom is -0.365 e. The predicted molar refractivity (Wildman–Crippen MR) is 61.0 cm³/mol. The molecule has 0 saturated carbocycles. The number of rotatable bonds is 2.